The molecule has 1 atom stereocenters. The minimum Gasteiger partial charge on any atom is -0.337 e. The Kier molecular flexibility index (Phi) is 5.48. The first-order valence-electron chi connectivity index (χ1n) is 9.27. The summed E-state index contributed by atoms with van der Waals surface area (Å²) in [6, 6.07) is 3.73. The number of piperidine rings is 2. The molecule has 2 aliphatic rings. The van der Waals surface area contributed by atoms with Crippen LogP contribution >= 0.6 is 0 Å². The minimum absolute atomic E-state index is 0.0386. The SMILES string of the molecule is CCC1CCCCN1C(=O)c1ccnc(C(=O)N2CCCCC2)c1. The smallest absolute Gasteiger partial charge is 0.272 e. The summed E-state index contributed by atoms with van der Waals surface area (Å²) in [5, 5.41) is 0. The highest BCUT2D eigenvalue weighted by Gasteiger charge is 2.27. The maximum absolute atomic E-state index is 12.9. The molecule has 2 amide bonds. The van der Waals surface area contributed by atoms with E-state index in [9.17, 15) is 9.59 Å². The summed E-state index contributed by atoms with van der Waals surface area (Å²) in [7, 11) is 0. The Bertz CT molecular complexity index is 596. The number of likely N-dealkylation sites (tertiary alicyclic amines) is 2. The van der Waals surface area contributed by atoms with Gasteiger partial charge in [0.1, 0.15) is 5.69 Å². The lowest BCUT2D eigenvalue weighted by Crippen LogP contribution is -2.43. The van der Waals surface area contributed by atoms with Gasteiger partial charge in [0.15, 0.2) is 0 Å². The van der Waals surface area contributed by atoms with Crippen LogP contribution in [0.25, 0.3) is 0 Å². The zero-order chi connectivity index (χ0) is 16.9. The number of carbonyl (C=O) groups is 2. The topological polar surface area (TPSA) is 53.5 Å². The average molecular weight is 329 g/mol. The van der Waals surface area contributed by atoms with Gasteiger partial charge >= 0.3 is 0 Å². The van der Waals surface area contributed by atoms with Crippen LogP contribution in [0.15, 0.2) is 18.3 Å². The van der Waals surface area contributed by atoms with Gasteiger partial charge in [-0.25, -0.2) is 0 Å². The van der Waals surface area contributed by atoms with E-state index in [1.807, 2.05) is 9.80 Å². The third-order valence-electron chi connectivity index (χ3n) is 5.23. The Morgan fingerprint density at radius 2 is 1.83 bits per heavy atom. The van der Waals surface area contributed by atoms with Crippen molar-refractivity contribution in [2.45, 2.75) is 57.9 Å². The standard InChI is InChI=1S/C19H27N3O2/c1-2-16-8-4-7-13-22(16)18(23)15-9-10-20-17(14-15)19(24)21-11-5-3-6-12-21/h9-10,14,16H,2-8,11-13H2,1H3. The second kappa shape index (κ2) is 7.77. The van der Waals surface area contributed by atoms with Crippen LogP contribution in [0.5, 0.6) is 0 Å². The van der Waals surface area contributed by atoms with Gasteiger partial charge in [-0.3, -0.25) is 14.6 Å². The van der Waals surface area contributed by atoms with Gasteiger partial charge in [0.05, 0.1) is 0 Å². The van der Waals surface area contributed by atoms with Crippen LogP contribution in [0.3, 0.4) is 0 Å². The predicted octanol–water partition coefficient (Wildman–Crippen LogP) is 3.11. The van der Waals surface area contributed by atoms with Gasteiger partial charge < -0.3 is 9.80 Å². The molecule has 5 heteroatoms. The molecule has 0 spiro atoms. The molecule has 2 fully saturated rings. The first kappa shape index (κ1) is 16.9. The van der Waals surface area contributed by atoms with Crippen molar-refractivity contribution in [2.75, 3.05) is 19.6 Å². The van der Waals surface area contributed by atoms with Crippen molar-refractivity contribution in [3.8, 4) is 0 Å². The molecule has 0 radical (unpaired) electrons. The molecule has 0 bridgehead atoms. The molecule has 1 aromatic rings. The van der Waals surface area contributed by atoms with Gasteiger partial charge in [-0.2, -0.15) is 0 Å². The van der Waals surface area contributed by atoms with E-state index in [4.69, 9.17) is 0 Å². The Morgan fingerprint density at radius 1 is 1.08 bits per heavy atom. The Labute approximate surface area is 144 Å². The van der Waals surface area contributed by atoms with Crippen LogP contribution in [0.1, 0.15) is 72.7 Å². The molecular formula is C19H27N3O2. The average Bonchev–Trinajstić information content (AvgIpc) is 2.67. The van der Waals surface area contributed by atoms with E-state index < -0.39 is 0 Å². The number of nitrogens with zero attached hydrogens (tertiary/aromatic N) is 3. The quantitative estimate of drug-likeness (QED) is 0.856. The fourth-order valence-electron chi connectivity index (χ4n) is 3.80. The molecular weight excluding hydrogens is 302 g/mol. The van der Waals surface area contributed by atoms with E-state index in [0.717, 1.165) is 51.7 Å². The molecule has 5 nitrogen and oxygen atoms in total. The monoisotopic (exact) mass is 329 g/mol. The van der Waals surface area contributed by atoms with Crippen LogP contribution in [0.2, 0.25) is 0 Å². The normalized spacial score (nSPS) is 21.6. The number of carbonyl (C=O) groups excluding carboxylic acids is 2. The van der Waals surface area contributed by atoms with Gasteiger partial charge in [0.25, 0.3) is 11.8 Å². The van der Waals surface area contributed by atoms with Crippen molar-refractivity contribution >= 4 is 11.8 Å². The van der Waals surface area contributed by atoms with E-state index in [2.05, 4.69) is 11.9 Å². The van der Waals surface area contributed by atoms with E-state index in [0.29, 0.717) is 17.3 Å². The molecule has 24 heavy (non-hydrogen) atoms. The highest BCUT2D eigenvalue weighted by atomic mass is 16.2. The van der Waals surface area contributed by atoms with Crippen molar-refractivity contribution in [1.29, 1.82) is 0 Å². The molecule has 3 rings (SSSR count). The number of pyridine rings is 1. The van der Waals surface area contributed by atoms with Gasteiger partial charge in [-0.05, 0) is 57.1 Å². The highest BCUT2D eigenvalue weighted by molar-refractivity contribution is 5.98. The van der Waals surface area contributed by atoms with Crippen molar-refractivity contribution in [3.05, 3.63) is 29.6 Å². The van der Waals surface area contributed by atoms with Crippen LogP contribution < -0.4 is 0 Å². The predicted molar refractivity (Wildman–Crippen MR) is 93.0 cm³/mol. The lowest BCUT2D eigenvalue weighted by molar-refractivity contribution is 0.0608. The number of rotatable bonds is 3. The van der Waals surface area contributed by atoms with Gasteiger partial charge in [-0.1, -0.05) is 6.92 Å². The van der Waals surface area contributed by atoms with E-state index in [-0.39, 0.29) is 11.8 Å². The number of amides is 2. The highest BCUT2D eigenvalue weighted by Crippen LogP contribution is 2.22. The minimum atomic E-state index is -0.0463. The fraction of sp³-hybridized carbons (Fsp3) is 0.632. The molecule has 0 aliphatic carbocycles. The van der Waals surface area contributed by atoms with Crippen LogP contribution in [-0.4, -0.2) is 52.3 Å². The van der Waals surface area contributed by atoms with Crippen LogP contribution in [0, 0.1) is 0 Å². The van der Waals surface area contributed by atoms with Gasteiger partial charge in [-0.15, -0.1) is 0 Å². The Morgan fingerprint density at radius 3 is 2.58 bits per heavy atom. The third-order valence-corrected chi connectivity index (χ3v) is 5.23. The summed E-state index contributed by atoms with van der Waals surface area (Å²) < 4.78 is 0. The second-order valence-electron chi connectivity index (χ2n) is 6.84. The summed E-state index contributed by atoms with van der Waals surface area (Å²) in [5.74, 6) is -0.00770. The van der Waals surface area contributed by atoms with E-state index in [1.165, 1.54) is 12.8 Å². The summed E-state index contributed by atoms with van der Waals surface area (Å²) in [6.07, 6.45) is 9.19. The number of hydrogen-bond donors (Lipinski definition) is 0. The van der Waals surface area contributed by atoms with Crippen molar-refractivity contribution in [3.63, 3.8) is 0 Å². The molecule has 0 aromatic carbocycles. The van der Waals surface area contributed by atoms with Crippen molar-refractivity contribution in [2.24, 2.45) is 0 Å². The summed E-state index contributed by atoms with van der Waals surface area (Å²) in [4.78, 5) is 33.6. The van der Waals surface area contributed by atoms with Crippen molar-refractivity contribution < 1.29 is 9.59 Å². The van der Waals surface area contributed by atoms with E-state index >= 15 is 0 Å². The molecule has 2 saturated heterocycles. The van der Waals surface area contributed by atoms with Crippen molar-refractivity contribution in [1.82, 2.24) is 14.8 Å². The zero-order valence-electron chi connectivity index (χ0n) is 14.5. The molecule has 2 aliphatic heterocycles. The zero-order valence-corrected chi connectivity index (χ0v) is 14.5. The molecule has 1 aromatic heterocycles. The first-order chi connectivity index (χ1) is 11.7. The second-order valence-corrected chi connectivity index (χ2v) is 6.84. The Balaban J connectivity index is 1.76. The lowest BCUT2D eigenvalue weighted by atomic mass is 9.99. The third kappa shape index (κ3) is 3.60. The summed E-state index contributed by atoms with van der Waals surface area (Å²) in [5.41, 5.74) is 0.985. The molecule has 130 valence electrons. The maximum Gasteiger partial charge on any atom is 0.272 e. The number of aromatic nitrogens is 1. The maximum atomic E-state index is 12.9. The molecule has 3 heterocycles. The molecule has 1 unspecified atom stereocenters. The first-order valence-corrected chi connectivity index (χ1v) is 9.27. The Hall–Kier alpha value is -1.91. The number of hydrogen-bond acceptors (Lipinski definition) is 3. The lowest BCUT2D eigenvalue weighted by Gasteiger charge is -2.35. The molecule has 0 N–H and O–H groups in total. The van der Waals surface area contributed by atoms with E-state index in [1.54, 1.807) is 18.3 Å². The van der Waals surface area contributed by atoms with Gasteiger partial charge in [0, 0.05) is 37.4 Å². The fourth-order valence-corrected chi connectivity index (χ4v) is 3.80. The summed E-state index contributed by atoms with van der Waals surface area (Å²) in [6.45, 7) is 4.54. The van der Waals surface area contributed by atoms with Gasteiger partial charge in [0.2, 0.25) is 0 Å². The van der Waals surface area contributed by atoms with Crippen LogP contribution in [0.4, 0.5) is 0 Å². The largest absolute Gasteiger partial charge is 0.337 e. The molecule has 0 saturated carbocycles. The summed E-state index contributed by atoms with van der Waals surface area (Å²) >= 11 is 0. The van der Waals surface area contributed by atoms with Crippen LogP contribution in [-0.2, 0) is 0 Å².